The molecule has 0 saturated carbocycles. The van der Waals surface area contributed by atoms with E-state index >= 15 is 0 Å². The van der Waals surface area contributed by atoms with Crippen molar-refractivity contribution in [3.63, 3.8) is 0 Å². The molecule has 4 aromatic heterocycles. The zero-order valence-corrected chi connectivity index (χ0v) is 14.9. The van der Waals surface area contributed by atoms with Gasteiger partial charge in [0, 0.05) is 24.0 Å². The molecule has 5 rings (SSSR count). The van der Waals surface area contributed by atoms with E-state index in [2.05, 4.69) is 26.1 Å². The molecule has 0 unspecified atom stereocenters. The molecule has 0 fully saturated rings. The number of furan rings is 1. The predicted octanol–water partition coefficient (Wildman–Crippen LogP) is 4.15. The van der Waals surface area contributed by atoms with Crippen molar-refractivity contribution in [3.8, 4) is 34.5 Å². The van der Waals surface area contributed by atoms with Crippen LogP contribution in [0.1, 0.15) is 5.56 Å². The number of nitrogens with zero attached hydrogens (tertiary/aromatic N) is 5. The second-order valence-electron chi connectivity index (χ2n) is 6.40. The van der Waals surface area contributed by atoms with E-state index in [-0.39, 0.29) is 17.4 Å². The van der Waals surface area contributed by atoms with Crippen LogP contribution in [0.25, 0.3) is 39.8 Å². The molecule has 28 heavy (non-hydrogen) atoms. The van der Waals surface area contributed by atoms with E-state index in [1.165, 1.54) is 4.68 Å². The number of rotatable bonds is 3. The van der Waals surface area contributed by atoms with Gasteiger partial charge in [0.2, 0.25) is 5.58 Å². The molecule has 0 saturated heterocycles. The van der Waals surface area contributed by atoms with Crippen molar-refractivity contribution in [2.45, 2.75) is 6.92 Å². The van der Waals surface area contributed by atoms with Crippen LogP contribution in [0.4, 0.5) is 0 Å². The third-order valence-electron chi connectivity index (χ3n) is 4.37. The van der Waals surface area contributed by atoms with Crippen molar-refractivity contribution in [3.05, 3.63) is 72.6 Å². The number of pyridine rings is 1. The van der Waals surface area contributed by atoms with Gasteiger partial charge in [-0.1, -0.05) is 29.8 Å². The van der Waals surface area contributed by atoms with E-state index in [1.54, 1.807) is 18.5 Å². The normalized spacial score (nSPS) is 11.2. The molecule has 0 amide bonds. The van der Waals surface area contributed by atoms with Gasteiger partial charge in [-0.3, -0.25) is 4.98 Å². The Bertz CT molecular complexity index is 1290. The maximum absolute atomic E-state index is 10.3. The Morgan fingerprint density at radius 3 is 2.71 bits per heavy atom. The van der Waals surface area contributed by atoms with Gasteiger partial charge in [0.1, 0.15) is 11.2 Å². The maximum atomic E-state index is 10.3. The van der Waals surface area contributed by atoms with Crippen molar-refractivity contribution in [1.82, 2.24) is 24.7 Å². The number of aromatic nitrogens is 5. The molecule has 0 aliphatic carbocycles. The van der Waals surface area contributed by atoms with Crippen molar-refractivity contribution in [2.24, 2.45) is 0 Å². The minimum Gasteiger partial charge on any atom is -0.490 e. The smallest absolute Gasteiger partial charge is 0.260 e. The zero-order chi connectivity index (χ0) is 19.1. The summed E-state index contributed by atoms with van der Waals surface area (Å²) in [5.74, 6) is 0.533. The van der Waals surface area contributed by atoms with Crippen LogP contribution >= 0.6 is 0 Å². The lowest BCUT2D eigenvalue weighted by atomic mass is 10.1. The van der Waals surface area contributed by atoms with Crippen LogP contribution in [0.15, 0.2) is 71.4 Å². The zero-order valence-electron chi connectivity index (χ0n) is 14.9. The van der Waals surface area contributed by atoms with E-state index in [0.717, 1.165) is 16.8 Å². The van der Waals surface area contributed by atoms with Crippen LogP contribution in [0.5, 0.6) is 5.88 Å². The summed E-state index contributed by atoms with van der Waals surface area (Å²) in [7, 11) is 0. The third kappa shape index (κ3) is 2.79. The Morgan fingerprint density at radius 2 is 1.89 bits per heavy atom. The fourth-order valence-corrected chi connectivity index (χ4v) is 3.03. The highest BCUT2D eigenvalue weighted by Gasteiger charge is 2.16. The summed E-state index contributed by atoms with van der Waals surface area (Å²) < 4.78 is 7.23. The highest BCUT2D eigenvalue weighted by Crippen LogP contribution is 2.30. The van der Waals surface area contributed by atoms with Gasteiger partial charge in [-0.2, -0.15) is 10.1 Å². The molecule has 4 heterocycles. The lowest BCUT2D eigenvalue weighted by molar-refractivity contribution is 0.443. The van der Waals surface area contributed by atoms with Gasteiger partial charge >= 0.3 is 0 Å². The second kappa shape index (κ2) is 6.31. The van der Waals surface area contributed by atoms with E-state index in [1.807, 2.05) is 49.4 Å². The number of hydrogen-bond donors (Lipinski definition) is 1. The van der Waals surface area contributed by atoms with E-state index in [9.17, 15) is 5.11 Å². The highest BCUT2D eigenvalue weighted by atomic mass is 16.4. The van der Waals surface area contributed by atoms with Crippen molar-refractivity contribution < 1.29 is 9.52 Å². The van der Waals surface area contributed by atoms with Crippen molar-refractivity contribution in [1.29, 1.82) is 0 Å². The first-order valence-corrected chi connectivity index (χ1v) is 8.72. The molecule has 1 aromatic carbocycles. The Morgan fingerprint density at radius 1 is 0.964 bits per heavy atom. The standard InChI is InChI=1S/C21H15N5O2/c1-13-5-4-6-14(11-13)15-8-10-26(25-15)21-23-17-12-18(16-7-2-3-9-22-16)28-19(17)20(27)24-21/h2-12H,1H3,(H,23,24,27). The molecule has 136 valence electrons. The molecular formula is C21H15N5O2. The SMILES string of the molecule is Cc1cccc(-c2ccn(-c3nc(O)c4oc(-c5ccccn5)cc4n3)n2)c1. The van der Waals surface area contributed by atoms with Crippen LogP contribution in [0, 0.1) is 6.92 Å². The minimum atomic E-state index is -0.241. The number of benzene rings is 1. The van der Waals surface area contributed by atoms with Gasteiger partial charge in [-0.25, -0.2) is 9.67 Å². The molecule has 7 heteroatoms. The summed E-state index contributed by atoms with van der Waals surface area (Å²) in [4.78, 5) is 12.9. The van der Waals surface area contributed by atoms with Crippen LogP contribution in [-0.2, 0) is 0 Å². The Kier molecular flexibility index (Phi) is 3.65. The fourth-order valence-electron chi connectivity index (χ4n) is 3.03. The third-order valence-corrected chi connectivity index (χ3v) is 4.37. The van der Waals surface area contributed by atoms with Crippen LogP contribution in [0.3, 0.4) is 0 Å². The lowest BCUT2D eigenvalue weighted by Gasteiger charge is -2.01. The monoisotopic (exact) mass is 369 g/mol. The number of fused-ring (bicyclic) bond motifs is 1. The molecule has 0 aliphatic heterocycles. The lowest BCUT2D eigenvalue weighted by Crippen LogP contribution is -2.01. The molecular weight excluding hydrogens is 354 g/mol. The van der Waals surface area contributed by atoms with Gasteiger partial charge in [0.05, 0.1) is 5.69 Å². The maximum Gasteiger partial charge on any atom is 0.260 e. The van der Waals surface area contributed by atoms with Gasteiger partial charge in [0.25, 0.3) is 11.8 Å². The molecule has 7 nitrogen and oxygen atoms in total. The molecule has 0 aliphatic rings. The average Bonchev–Trinajstić information content (AvgIpc) is 3.36. The topological polar surface area (TPSA) is 89.9 Å². The van der Waals surface area contributed by atoms with Crippen molar-refractivity contribution >= 4 is 11.1 Å². The second-order valence-corrected chi connectivity index (χ2v) is 6.40. The first-order chi connectivity index (χ1) is 13.7. The first kappa shape index (κ1) is 16.2. The summed E-state index contributed by atoms with van der Waals surface area (Å²) in [6, 6.07) is 17.2. The number of aromatic hydroxyl groups is 1. The summed E-state index contributed by atoms with van der Waals surface area (Å²) in [5, 5.41) is 14.9. The molecule has 0 atom stereocenters. The largest absolute Gasteiger partial charge is 0.490 e. The summed E-state index contributed by atoms with van der Waals surface area (Å²) in [6.07, 6.45) is 3.44. The van der Waals surface area contributed by atoms with Gasteiger partial charge in [-0.05, 0) is 31.2 Å². The Hall–Kier alpha value is -4.00. The van der Waals surface area contributed by atoms with Gasteiger partial charge in [-0.15, -0.1) is 0 Å². The first-order valence-electron chi connectivity index (χ1n) is 8.72. The average molecular weight is 369 g/mol. The summed E-state index contributed by atoms with van der Waals surface area (Å²) in [5.41, 5.74) is 4.31. The highest BCUT2D eigenvalue weighted by molar-refractivity contribution is 5.82. The van der Waals surface area contributed by atoms with Gasteiger partial charge in [0.15, 0.2) is 5.76 Å². The van der Waals surface area contributed by atoms with Crippen LogP contribution in [0.2, 0.25) is 0 Å². The fraction of sp³-hybridized carbons (Fsp3) is 0.0476. The summed E-state index contributed by atoms with van der Waals surface area (Å²) in [6.45, 7) is 2.04. The number of hydrogen-bond acceptors (Lipinski definition) is 6. The van der Waals surface area contributed by atoms with Gasteiger partial charge < -0.3 is 9.52 Å². The Labute approximate surface area is 160 Å². The van der Waals surface area contributed by atoms with Crippen LogP contribution < -0.4 is 0 Å². The quantitative estimate of drug-likeness (QED) is 0.514. The molecule has 0 bridgehead atoms. The van der Waals surface area contributed by atoms with Crippen molar-refractivity contribution in [2.75, 3.05) is 0 Å². The number of aryl methyl sites for hydroxylation is 1. The van der Waals surface area contributed by atoms with Crippen LogP contribution in [-0.4, -0.2) is 29.8 Å². The summed E-state index contributed by atoms with van der Waals surface area (Å²) >= 11 is 0. The molecule has 1 N–H and O–H groups in total. The molecule has 5 aromatic rings. The molecule has 0 radical (unpaired) electrons. The molecule has 0 spiro atoms. The predicted molar refractivity (Wildman–Crippen MR) is 104 cm³/mol. The van der Waals surface area contributed by atoms with E-state index in [4.69, 9.17) is 4.42 Å². The van der Waals surface area contributed by atoms with E-state index in [0.29, 0.717) is 17.0 Å². The van der Waals surface area contributed by atoms with E-state index < -0.39 is 0 Å². The minimum absolute atomic E-state index is 0.218. The Balaban J connectivity index is 1.57.